The number of carbonyl (C=O) groups is 1. The molecule has 0 bridgehead atoms. The number of hydrogen-bond acceptors (Lipinski definition) is 5. The number of anilines is 1. The van der Waals surface area contributed by atoms with Gasteiger partial charge in [-0.3, -0.25) is 4.79 Å². The zero-order valence-corrected chi connectivity index (χ0v) is 14.2. The highest BCUT2D eigenvalue weighted by Gasteiger charge is 2.30. The lowest BCUT2D eigenvalue weighted by molar-refractivity contribution is 0.0940. The number of nitrogens with one attached hydrogen (secondary N) is 3. The number of benzene rings is 1. The molecule has 1 aromatic carbocycles. The van der Waals surface area contributed by atoms with Gasteiger partial charge in [-0.25, -0.2) is 4.39 Å². The van der Waals surface area contributed by atoms with Gasteiger partial charge >= 0.3 is 0 Å². The van der Waals surface area contributed by atoms with Crippen molar-refractivity contribution in [3.8, 4) is 16.9 Å². The third-order valence-corrected chi connectivity index (χ3v) is 4.42. The fourth-order valence-corrected chi connectivity index (χ4v) is 3.41. The van der Waals surface area contributed by atoms with Crippen molar-refractivity contribution in [3.05, 3.63) is 28.9 Å². The predicted octanol–water partition coefficient (Wildman–Crippen LogP) is 3.09. The first-order chi connectivity index (χ1) is 11.9. The van der Waals surface area contributed by atoms with Crippen LogP contribution in [0.15, 0.2) is 10.6 Å². The minimum atomic E-state index is -0.598. The molecule has 0 radical (unpaired) electrons. The molecule has 0 fully saturated rings. The summed E-state index contributed by atoms with van der Waals surface area (Å²) in [7, 11) is 1.39. The molecule has 0 saturated heterocycles. The van der Waals surface area contributed by atoms with Gasteiger partial charge in [0.05, 0.1) is 41.0 Å². The number of amides is 1. The molecule has 8 heteroatoms. The summed E-state index contributed by atoms with van der Waals surface area (Å²) in [6, 6.07) is 1.75. The molecule has 130 valence electrons. The van der Waals surface area contributed by atoms with Crippen molar-refractivity contribution in [1.82, 2.24) is 15.5 Å². The molecule has 1 unspecified atom stereocenters. The van der Waals surface area contributed by atoms with E-state index < -0.39 is 5.82 Å². The van der Waals surface area contributed by atoms with E-state index in [2.05, 4.69) is 20.8 Å². The van der Waals surface area contributed by atoms with E-state index in [9.17, 15) is 4.79 Å². The standard InChI is InChI=1S/C17H17FN4O3/c1-6-11(7(2)25-22-6)9-5-10-12(14(18)15(9)24-4)13-16(21-10)19-8(3)20-17(13)23/h5,8,19,21H,1-4H3,(H,20,23). The van der Waals surface area contributed by atoms with Crippen molar-refractivity contribution >= 4 is 22.6 Å². The van der Waals surface area contributed by atoms with Gasteiger partial charge in [-0.2, -0.15) is 0 Å². The first-order valence-electron chi connectivity index (χ1n) is 7.85. The van der Waals surface area contributed by atoms with E-state index in [1.54, 1.807) is 26.8 Å². The second-order valence-corrected chi connectivity index (χ2v) is 6.11. The van der Waals surface area contributed by atoms with E-state index in [0.717, 1.165) is 0 Å². The quantitative estimate of drug-likeness (QED) is 0.664. The molecular weight excluding hydrogens is 327 g/mol. The molecule has 0 spiro atoms. The van der Waals surface area contributed by atoms with Gasteiger partial charge in [0.15, 0.2) is 11.6 Å². The van der Waals surface area contributed by atoms with Gasteiger partial charge in [-0.05, 0) is 26.8 Å². The Hall–Kier alpha value is -3.03. The summed E-state index contributed by atoms with van der Waals surface area (Å²) >= 11 is 0. The summed E-state index contributed by atoms with van der Waals surface area (Å²) in [4.78, 5) is 15.4. The Morgan fingerprint density at radius 3 is 2.68 bits per heavy atom. The second-order valence-electron chi connectivity index (χ2n) is 6.11. The largest absolute Gasteiger partial charge is 0.493 e. The maximum absolute atomic E-state index is 15.3. The summed E-state index contributed by atoms with van der Waals surface area (Å²) in [6.45, 7) is 5.34. The van der Waals surface area contributed by atoms with Crippen LogP contribution in [0.25, 0.3) is 22.0 Å². The van der Waals surface area contributed by atoms with Crippen LogP contribution in [0.1, 0.15) is 28.7 Å². The van der Waals surface area contributed by atoms with Crippen LogP contribution in [0, 0.1) is 19.7 Å². The molecule has 7 nitrogen and oxygen atoms in total. The second kappa shape index (κ2) is 5.23. The van der Waals surface area contributed by atoms with Crippen molar-refractivity contribution < 1.29 is 18.4 Å². The van der Waals surface area contributed by atoms with Gasteiger partial charge in [0.25, 0.3) is 5.91 Å². The third kappa shape index (κ3) is 2.10. The molecule has 1 aliphatic rings. The Labute approximate surface area is 142 Å². The van der Waals surface area contributed by atoms with Gasteiger partial charge < -0.3 is 24.9 Å². The summed E-state index contributed by atoms with van der Waals surface area (Å²) < 4.78 is 25.8. The number of aryl methyl sites for hydroxylation is 2. The number of aromatic nitrogens is 2. The average Bonchev–Trinajstić information content (AvgIpc) is 3.07. The lowest BCUT2D eigenvalue weighted by Crippen LogP contribution is -2.42. The Kier molecular flexibility index (Phi) is 3.24. The average molecular weight is 344 g/mol. The first-order valence-corrected chi connectivity index (χ1v) is 7.85. The van der Waals surface area contributed by atoms with Crippen LogP contribution in [0.3, 0.4) is 0 Å². The molecule has 3 heterocycles. The monoisotopic (exact) mass is 344 g/mol. The molecule has 4 rings (SSSR count). The Balaban J connectivity index is 2.07. The van der Waals surface area contributed by atoms with Gasteiger partial charge in [0.1, 0.15) is 11.6 Å². The van der Waals surface area contributed by atoms with Crippen molar-refractivity contribution in [2.75, 3.05) is 12.4 Å². The molecule has 25 heavy (non-hydrogen) atoms. The number of ether oxygens (including phenoxy) is 1. The highest BCUT2D eigenvalue weighted by atomic mass is 19.1. The van der Waals surface area contributed by atoms with Gasteiger partial charge in [0.2, 0.25) is 0 Å². The minimum Gasteiger partial charge on any atom is -0.493 e. The van der Waals surface area contributed by atoms with E-state index in [1.165, 1.54) is 7.11 Å². The number of hydrogen-bond donors (Lipinski definition) is 3. The van der Waals surface area contributed by atoms with Crippen molar-refractivity contribution in [3.63, 3.8) is 0 Å². The van der Waals surface area contributed by atoms with Crippen LogP contribution in [0.2, 0.25) is 0 Å². The number of halogens is 1. The van der Waals surface area contributed by atoms with E-state index in [0.29, 0.717) is 33.9 Å². The molecule has 1 aliphatic heterocycles. The van der Waals surface area contributed by atoms with Crippen LogP contribution in [-0.2, 0) is 0 Å². The summed E-state index contributed by atoms with van der Waals surface area (Å²) in [6.07, 6.45) is -0.250. The van der Waals surface area contributed by atoms with E-state index in [-0.39, 0.29) is 28.8 Å². The molecule has 2 aromatic heterocycles. The van der Waals surface area contributed by atoms with E-state index >= 15 is 4.39 Å². The number of carbonyl (C=O) groups excluding carboxylic acids is 1. The molecule has 0 saturated carbocycles. The summed E-state index contributed by atoms with van der Waals surface area (Å²) in [5, 5.41) is 9.95. The molecule has 3 aromatic rings. The van der Waals surface area contributed by atoms with Crippen molar-refractivity contribution in [2.45, 2.75) is 26.9 Å². The van der Waals surface area contributed by atoms with Crippen molar-refractivity contribution in [2.24, 2.45) is 0 Å². The maximum Gasteiger partial charge on any atom is 0.257 e. The fourth-order valence-electron chi connectivity index (χ4n) is 3.41. The molecular formula is C17H17FN4O3. The Bertz CT molecular complexity index is 1000. The first kappa shape index (κ1) is 15.5. The van der Waals surface area contributed by atoms with Crippen LogP contribution in [0.5, 0.6) is 5.75 Å². The lowest BCUT2D eigenvalue weighted by Gasteiger charge is -2.22. The third-order valence-electron chi connectivity index (χ3n) is 4.42. The van der Waals surface area contributed by atoms with Crippen LogP contribution < -0.4 is 15.4 Å². The SMILES string of the molecule is COc1c(-c2c(C)noc2C)cc2[nH]c3c(c2c1F)C(=O)NC(C)N3. The van der Waals surface area contributed by atoms with E-state index in [1.807, 2.05) is 0 Å². The van der Waals surface area contributed by atoms with Gasteiger partial charge in [0, 0.05) is 5.56 Å². The highest BCUT2D eigenvalue weighted by Crippen LogP contribution is 2.42. The normalized spacial score (nSPS) is 16.5. The fraction of sp³-hybridized carbons (Fsp3) is 0.294. The van der Waals surface area contributed by atoms with Crippen LogP contribution in [-0.4, -0.2) is 29.3 Å². The zero-order valence-electron chi connectivity index (χ0n) is 14.2. The molecule has 1 atom stereocenters. The predicted molar refractivity (Wildman–Crippen MR) is 90.3 cm³/mol. The van der Waals surface area contributed by atoms with Crippen LogP contribution >= 0.6 is 0 Å². The smallest absolute Gasteiger partial charge is 0.257 e. The van der Waals surface area contributed by atoms with E-state index in [4.69, 9.17) is 9.26 Å². The zero-order chi connectivity index (χ0) is 17.9. The number of rotatable bonds is 2. The number of nitrogens with zero attached hydrogens (tertiary/aromatic N) is 1. The van der Waals surface area contributed by atoms with Gasteiger partial charge in [-0.1, -0.05) is 5.16 Å². The molecule has 0 aliphatic carbocycles. The Morgan fingerprint density at radius 1 is 1.28 bits per heavy atom. The lowest BCUT2D eigenvalue weighted by atomic mass is 9.99. The topological polar surface area (TPSA) is 92.2 Å². The number of H-pyrrole nitrogens is 1. The number of aromatic amines is 1. The molecule has 1 amide bonds. The maximum atomic E-state index is 15.3. The summed E-state index contributed by atoms with van der Waals surface area (Å²) in [5.74, 6) is 0.172. The van der Waals surface area contributed by atoms with Crippen molar-refractivity contribution in [1.29, 1.82) is 0 Å². The molecule has 3 N–H and O–H groups in total. The summed E-state index contributed by atoms with van der Waals surface area (Å²) in [5.41, 5.74) is 2.58. The van der Waals surface area contributed by atoms with Crippen LogP contribution in [0.4, 0.5) is 10.2 Å². The number of methoxy groups -OCH3 is 1. The number of fused-ring (bicyclic) bond motifs is 3. The highest BCUT2D eigenvalue weighted by molar-refractivity contribution is 6.14. The van der Waals surface area contributed by atoms with Gasteiger partial charge in [-0.15, -0.1) is 0 Å². The Morgan fingerprint density at radius 2 is 2.04 bits per heavy atom. The minimum absolute atomic E-state index is 0.0510.